The van der Waals surface area contributed by atoms with Gasteiger partial charge in [0.25, 0.3) is 0 Å². The summed E-state index contributed by atoms with van der Waals surface area (Å²) >= 11 is 1.57. The van der Waals surface area contributed by atoms with Crippen LogP contribution in [0, 0.1) is 0 Å². The summed E-state index contributed by atoms with van der Waals surface area (Å²) in [5.41, 5.74) is 2.85. The summed E-state index contributed by atoms with van der Waals surface area (Å²) in [5, 5.41) is 2.06. The fraction of sp³-hybridized carbons (Fsp3) is 0.286. The molecule has 0 unspecified atom stereocenters. The number of nitrogens with zero attached hydrogens (tertiary/aromatic N) is 3. The Labute approximate surface area is 175 Å². The average Bonchev–Trinajstić information content (AvgIpc) is 3.11. The predicted molar refractivity (Wildman–Crippen MR) is 117 cm³/mol. The van der Waals surface area contributed by atoms with Gasteiger partial charge in [0.1, 0.15) is 5.75 Å². The lowest BCUT2D eigenvalue weighted by Crippen LogP contribution is -2.22. The third-order valence-electron chi connectivity index (χ3n) is 4.47. The van der Waals surface area contributed by atoms with Crippen LogP contribution >= 0.6 is 11.3 Å². The molecule has 0 saturated carbocycles. The van der Waals surface area contributed by atoms with Crippen LogP contribution in [0.15, 0.2) is 63.8 Å². The lowest BCUT2D eigenvalue weighted by molar-refractivity contribution is 0.415. The smallest absolute Gasteiger partial charge is 0.242 e. The van der Waals surface area contributed by atoms with Crippen molar-refractivity contribution in [3.05, 3.63) is 58.7 Å². The molecule has 3 rings (SSSR count). The number of methoxy groups -OCH3 is 1. The minimum absolute atomic E-state index is 0.284. The number of ether oxygens (including phenoxy) is 1. The molecule has 8 heteroatoms. The third-order valence-corrected chi connectivity index (χ3v) is 7.16. The highest BCUT2D eigenvalue weighted by Crippen LogP contribution is 2.24. The van der Waals surface area contributed by atoms with E-state index < -0.39 is 10.0 Å². The molecule has 3 aromatic rings. The predicted octanol–water partition coefficient (Wildman–Crippen LogP) is 4.12. The van der Waals surface area contributed by atoms with Crippen LogP contribution in [0.4, 0.5) is 5.69 Å². The van der Waals surface area contributed by atoms with Gasteiger partial charge in [-0.05, 0) is 48.4 Å². The summed E-state index contributed by atoms with van der Waals surface area (Å²) in [5.74, 6) is 0.796. The molecule has 0 aliphatic heterocycles. The number of aromatic nitrogens is 1. The van der Waals surface area contributed by atoms with E-state index in [0.29, 0.717) is 0 Å². The van der Waals surface area contributed by atoms with Crippen molar-refractivity contribution in [2.24, 2.45) is 4.99 Å². The van der Waals surface area contributed by atoms with Gasteiger partial charge in [0.15, 0.2) is 4.80 Å². The van der Waals surface area contributed by atoms with E-state index >= 15 is 0 Å². The molecule has 0 atom stereocenters. The van der Waals surface area contributed by atoms with Crippen LogP contribution in [-0.4, -0.2) is 38.5 Å². The second-order valence-corrected chi connectivity index (χ2v) is 9.67. The second-order valence-electron chi connectivity index (χ2n) is 6.68. The van der Waals surface area contributed by atoms with Gasteiger partial charge in [-0.3, -0.25) is 0 Å². The van der Waals surface area contributed by atoms with Crippen molar-refractivity contribution in [2.75, 3.05) is 21.2 Å². The van der Waals surface area contributed by atoms with Crippen molar-refractivity contribution in [3.8, 4) is 17.0 Å². The highest BCUT2D eigenvalue weighted by atomic mass is 32.2. The molecule has 2 aromatic carbocycles. The molecule has 0 aliphatic rings. The normalized spacial score (nSPS) is 12.5. The zero-order chi connectivity index (χ0) is 21.0. The van der Waals surface area contributed by atoms with Crippen molar-refractivity contribution >= 4 is 27.0 Å². The average molecular weight is 432 g/mol. The van der Waals surface area contributed by atoms with E-state index in [1.165, 1.54) is 18.4 Å². The molecule has 0 N–H and O–H groups in total. The maximum atomic E-state index is 12.3. The summed E-state index contributed by atoms with van der Waals surface area (Å²) in [6.07, 6.45) is 0.965. The summed E-state index contributed by atoms with van der Waals surface area (Å²) in [6, 6.07) is 14.6. The molecular formula is C21H25N3O3S2. The van der Waals surface area contributed by atoms with Gasteiger partial charge in [0.2, 0.25) is 10.0 Å². The summed E-state index contributed by atoms with van der Waals surface area (Å²) in [6.45, 7) is 2.95. The van der Waals surface area contributed by atoms with Gasteiger partial charge in [-0.1, -0.05) is 19.1 Å². The minimum Gasteiger partial charge on any atom is -0.497 e. The molecule has 0 aliphatic carbocycles. The first kappa shape index (κ1) is 21.3. The number of hydrogen-bond donors (Lipinski definition) is 0. The fourth-order valence-electron chi connectivity index (χ4n) is 2.86. The quantitative estimate of drug-likeness (QED) is 0.565. The van der Waals surface area contributed by atoms with Gasteiger partial charge in [-0.2, -0.15) is 0 Å². The van der Waals surface area contributed by atoms with Crippen LogP contribution < -0.4 is 9.54 Å². The van der Waals surface area contributed by atoms with Crippen LogP contribution in [0.2, 0.25) is 0 Å². The maximum Gasteiger partial charge on any atom is 0.242 e. The summed E-state index contributed by atoms with van der Waals surface area (Å²) < 4.78 is 33.2. The molecule has 0 saturated heterocycles. The Hall–Kier alpha value is -2.42. The minimum atomic E-state index is -3.44. The Morgan fingerprint density at radius 3 is 2.28 bits per heavy atom. The molecule has 1 heterocycles. The molecule has 0 radical (unpaired) electrons. The van der Waals surface area contributed by atoms with E-state index in [-0.39, 0.29) is 4.90 Å². The monoisotopic (exact) mass is 431 g/mol. The van der Waals surface area contributed by atoms with Gasteiger partial charge < -0.3 is 9.30 Å². The Morgan fingerprint density at radius 1 is 1.07 bits per heavy atom. The topological polar surface area (TPSA) is 63.9 Å². The van der Waals surface area contributed by atoms with Crippen LogP contribution in [0.5, 0.6) is 5.75 Å². The SMILES string of the molecule is CCCn1c(-c2ccc(S(=O)(=O)N(C)C)cc2)csc1=Nc1ccc(OC)cc1. The lowest BCUT2D eigenvalue weighted by atomic mass is 10.2. The number of sulfonamides is 1. The van der Waals surface area contributed by atoms with Crippen LogP contribution in [-0.2, 0) is 16.6 Å². The van der Waals surface area contributed by atoms with Crippen molar-refractivity contribution in [2.45, 2.75) is 24.8 Å². The zero-order valence-electron chi connectivity index (χ0n) is 17.0. The Morgan fingerprint density at radius 2 is 1.72 bits per heavy atom. The van der Waals surface area contributed by atoms with E-state index in [9.17, 15) is 8.42 Å². The van der Waals surface area contributed by atoms with Gasteiger partial charge >= 0.3 is 0 Å². The molecule has 0 amide bonds. The number of rotatable bonds is 7. The van der Waals surface area contributed by atoms with Crippen molar-refractivity contribution in [1.82, 2.24) is 8.87 Å². The lowest BCUT2D eigenvalue weighted by Gasteiger charge is -2.12. The molecule has 1 aromatic heterocycles. The van der Waals surface area contributed by atoms with E-state index in [4.69, 9.17) is 9.73 Å². The fourth-order valence-corrected chi connectivity index (χ4v) is 4.72. The first-order valence-electron chi connectivity index (χ1n) is 9.27. The van der Waals surface area contributed by atoms with Gasteiger partial charge in [0, 0.05) is 26.0 Å². The van der Waals surface area contributed by atoms with Gasteiger partial charge in [0.05, 0.1) is 23.4 Å². The summed E-state index contributed by atoms with van der Waals surface area (Å²) in [7, 11) is 1.27. The first-order valence-corrected chi connectivity index (χ1v) is 11.6. The molecule has 0 spiro atoms. The van der Waals surface area contributed by atoms with E-state index in [1.807, 2.05) is 36.4 Å². The molecule has 154 valence electrons. The number of hydrogen-bond acceptors (Lipinski definition) is 5. The van der Waals surface area contributed by atoms with Gasteiger partial charge in [-0.15, -0.1) is 11.3 Å². The third kappa shape index (κ3) is 4.60. The molecule has 29 heavy (non-hydrogen) atoms. The standard InChI is InChI=1S/C21H25N3O3S2/c1-5-14-24-20(16-6-12-19(13-7-16)29(25,26)23(2)3)15-28-21(24)22-17-8-10-18(27-4)11-9-17/h6-13,15H,5,14H2,1-4H3. The van der Waals surface area contributed by atoms with Crippen molar-refractivity contribution < 1.29 is 13.2 Å². The Balaban J connectivity index is 2.01. The molecule has 6 nitrogen and oxygen atoms in total. The van der Waals surface area contributed by atoms with E-state index in [2.05, 4.69) is 16.9 Å². The van der Waals surface area contributed by atoms with E-state index in [1.54, 1.807) is 30.6 Å². The molecular weight excluding hydrogens is 406 g/mol. The first-order chi connectivity index (χ1) is 13.9. The van der Waals surface area contributed by atoms with Gasteiger partial charge in [-0.25, -0.2) is 17.7 Å². The summed E-state index contributed by atoms with van der Waals surface area (Å²) in [4.78, 5) is 5.97. The Bertz CT molecular complexity index is 1130. The van der Waals surface area contributed by atoms with Crippen LogP contribution in [0.3, 0.4) is 0 Å². The highest BCUT2D eigenvalue weighted by Gasteiger charge is 2.17. The van der Waals surface area contributed by atoms with Crippen LogP contribution in [0.1, 0.15) is 13.3 Å². The largest absolute Gasteiger partial charge is 0.497 e. The molecule has 0 bridgehead atoms. The number of thiazole rings is 1. The Kier molecular flexibility index (Phi) is 6.56. The van der Waals surface area contributed by atoms with Crippen molar-refractivity contribution in [1.29, 1.82) is 0 Å². The van der Waals surface area contributed by atoms with Crippen LogP contribution in [0.25, 0.3) is 11.3 Å². The maximum absolute atomic E-state index is 12.3. The number of benzene rings is 2. The zero-order valence-corrected chi connectivity index (χ0v) is 18.6. The van der Waals surface area contributed by atoms with Crippen molar-refractivity contribution in [3.63, 3.8) is 0 Å². The second kappa shape index (κ2) is 8.94. The van der Waals surface area contributed by atoms with E-state index in [0.717, 1.165) is 40.5 Å². The highest BCUT2D eigenvalue weighted by molar-refractivity contribution is 7.89. The molecule has 0 fully saturated rings.